The summed E-state index contributed by atoms with van der Waals surface area (Å²) in [5.41, 5.74) is 1.64. The molecule has 0 bridgehead atoms. The monoisotopic (exact) mass is 326 g/mol. The van der Waals surface area contributed by atoms with Crippen LogP contribution in [0.3, 0.4) is 0 Å². The number of carbonyl (C=O) groups excluding carboxylic acids is 2. The summed E-state index contributed by atoms with van der Waals surface area (Å²) in [6.45, 7) is 7.55. The molecular formula is C14H22N4O3S. The smallest absolute Gasteiger partial charge is 0.314 e. The second-order valence-corrected chi connectivity index (χ2v) is 7.35. The lowest BCUT2D eigenvalue weighted by Crippen LogP contribution is -2.40. The summed E-state index contributed by atoms with van der Waals surface area (Å²) in [5.74, 6) is 0.670. The summed E-state index contributed by atoms with van der Waals surface area (Å²) in [7, 11) is 0. The Balaban J connectivity index is 2.18. The fourth-order valence-electron chi connectivity index (χ4n) is 2.11. The lowest BCUT2D eigenvalue weighted by atomic mass is 10.1. The normalized spacial score (nSPS) is 15.3. The highest BCUT2D eigenvalue weighted by Crippen LogP contribution is 2.37. The third-order valence-electron chi connectivity index (χ3n) is 3.18. The van der Waals surface area contributed by atoms with E-state index in [4.69, 9.17) is 5.11 Å². The van der Waals surface area contributed by atoms with Gasteiger partial charge in [-0.15, -0.1) is 0 Å². The number of carbonyl (C=O) groups is 2. The van der Waals surface area contributed by atoms with Gasteiger partial charge in [-0.1, -0.05) is 0 Å². The summed E-state index contributed by atoms with van der Waals surface area (Å²) >= 11 is 1.73. The molecule has 0 saturated heterocycles. The highest BCUT2D eigenvalue weighted by Gasteiger charge is 2.29. The van der Waals surface area contributed by atoms with Gasteiger partial charge in [0.2, 0.25) is 0 Å². The Morgan fingerprint density at radius 1 is 1.36 bits per heavy atom. The number of anilines is 1. The first-order valence-corrected chi connectivity index (χ1v) is 8.32. The van der Waals surface area contributed by atoms with Crippen LogP contribution >= 0.6 is 11.8 Å². The Hall–Kier alpha value is -1.54. The number of hydrogen-bond donors (Lipinski definition) is 3. The van der Waals surface area contributed by atoms with Crippen LogP contribution in [0, 0.1) is 0 Å². The minimum atomic E-state index is -0.762. The van der Waals surface area contributed by atoms with Crippen molar-refractivity contribution in [2.75, 3.05) is 11.9 Å². The maximum Gasteiger partial charge on any atom is 0.314 e. The van der Waals surface area contributed by atoms with Gasteiger partial charge in [0, 0.05) is 23.6 Å². The molecule has 122 valence electrons. The van der Waals surface area contributed by atoms with Crippen molar-refractivity contribution in [1.29, 1.82) is 0 Å². The molecule has 2 rings (SSSR count). The Bertz CT molecular complexity index is 590. The zero-order valence-electron chi connectivity index (χ0n) is 13.3. The molecule has 0 aromatic carbocycles. The molecule has 3 N–H and O–H groups in total. The quantitative estimate of drug-likeness (QED) is 0.715. The van der Waals surface area contributed by atoms with E-state index in [2.05, 4.69) is 15.7 Å². The van der Waals surface area contributed by atoms with Crippen LogP contribution in [0.1, 0.15) is 39.0 Å². The van der Waals surface area contributed by atoms with E-state index in [0.717, 1.165) is 22.8 Å². The van der Waals surface area contributed by atoms with Crippen molar-refractivity contribution in [2.45, 2.75) is 50.8 Å². The maximum absolute atomic E-state index is 12.0. The largest absolute Gasteiger partial charge is 0.392 e. The van der Waals surface area contributed by atoms with Gasteiger partial charge >= 0.3 is 11.8 Å². The number of hydrogen-bond acceptors (Lipinski definition) is 5. The van der Waals surface area contributed by atoms with E-state index in [-0.39, 0.29) is 12.1 Å². The SMILES string of the molecule is C[C@H](O)CNC(=O)C(=O)Nc1c2c(nn1C(C)(C)C)CSC2. The zero-order valence-corrected chi connectivity index (χ0v) is 14.1. The van der Waals surface area contributed by atoms with Crippen LogP contribution in [0.4, 0.5) is 5.82 Å². The van der Waals surface area contributed by atoms with Gasteiger partial charge < -0.3 is 15.7 Å². The number of aromatic nitrogens is 2. The number of aliphatic hydroxyl groups excluding tert-OH is 1. The molecule has 1 aliphatic rings. The lowest BCUT2D eigenvalue weighted by molar-refractivity contribution is -0.136. The van der Waals surface area contributed by atoms with Crippen molar-refractivity contribution in [1.82, 2.24) is 15.1 Å². The highest BCUT2D eigenvalue weighted by atomic mass is 32.2. The van der Waals surface area contributed by atoms with Crippen LogP contribution in [0.2, 0.25) is 0 Å². The molecule has 0 aliphatic carbocycles. The second kappa shape index (κ2) is 6.29. The number of thioether (sulfide) groups is 1. The van der Waals surface area contributed by atoms with Gasteiger partial charge in [0.15, 0.2) is 0 Å². The number of amides is 2. The summed E-state index contributed by atoms with van der Waals surface area (Å²) in [4.78, 5) is 23.8. The van der Waals surface area contributed by atoms with Crippen molar-refractivity contribution in [3.8, 4) is 0 Å². The van der Waals surface area contributed by atoms with E-state index in [9.17, 15) is 9.59 Å². The van der Waals surface area contributed by atoms with Gasteiger partial charge in [-0.3, -0.25) is 9.59 Å². The van der Waals surface area contributed by atoms with E-state index in [1.54, 1.807) is 16.4 Å². The Morgan fingerprint density at radius 3 is 2.64 bits per heavy atom. The van der Waals surface area contributed by atoms with E-state index >= 15 is 0 Å². The van der Waals surface area contributed by atoms with Crippen LogP contribution < -0.4 is 10.6 Å². The molecule has 0 spiro atoms. The average molecular weight is 326 g/mol. The highest BCUT2D eigenvalue weighted by molar-refractivity contribution is 7.98. The van der Waals surface area contributed by atoms with Gasteiger partial charge in [-0.05, 0) is 27.7 Å². The Kier molecular flexibility index (Phi) is 4.81. The summed E-state index contributed by atoms with van der Waals surface area (Å²) in [6.07, 6.45) is -0.697. The van der Waals surface area contributed by atoms with Crippen molar-refractivity contribution >= 4 is 29.4 Å². The van der Waals surface area contributed by atoms with Crippen molar-refractivity contribution in [3.63, 3.8) is 0 Å². The molecule has 7 nitrogen and oxygen atoms in total. The molecule has 1 aromatic rings. The van der Waals surface area contributed by atoms with Gasteiger partial charge in [0.25, 0.3) is 0 Å². The molecule has 1 atom stereocenters. The number of fused-ring (bicyclic) bond motifs is 1. The van der Waals surface area contributed by atoms with Crippen LogP contribution in [0.15, 0.2) is 0 Å². The molecule has 1 aliphatic heterocycles. The minimum absolute atomic E-state index is 0.0404. The van der Waals surface area contributed by atoms with Crippen LogP contribution in [0.5, 0.6) is 0 Å². The maximum atomic E-state index is 12.0. The standard InChI is InChI=1S/C14H22N4O3S/c1-8(19)5-15-12(20)13(21)16-11-9-6-22-7-10(9)17-18(11)14(2,3)4/h8,19H,5-7H2,1-4H3,(H,15,20)(H,16,21)/t8-/m0/s1. The summed E-state index contributed by atoms with van der Waals surface area (Å²) < 4.78 is 1.76. The van der Waals surface area contributed by atoms with Gasteiger partial charge in [-0.2, -0.15) is 16.9 Å². The number of nitrogens with one attached hydrogen (secondary N) is 2. The van der Waals surface area contributed by atoms with Crippen LogP contribution in [-0.4, -0.2) is 39.4 Å². The van der Waals surface area contributed by atoms with Crippen molar-refractivity contribution in [2.24, 2.45) is 0 Å². The first-order chi connectivity index (χ1) is 10.2. The molecule has 2 amide bonds. The first-order valence-electron chi connectivity index (χ1n) is 7.16. The molecule has 22 heavy (non-hydrogen) atoms. The fraction of sp³-hybridized carbons (Fsp3) is 0.643. The summed E-state index contributed by atoms with van der Waals surface area (Å²) in [6, 6.07) is 0. The minimum Gasteiger partial charge on any atom is -0.392 e. The molecule has 2 heterocycles. The van der Waals surface area contributed by atoms with E-state index in [0.29, 0.717) is 5.82 Å². The predicted molar refractivity (Wildman–Crippen MR) is 85.5 cm³/mol. The number of aliphatic hydroxyl groups is 1. The molecule has 8 heteroatoms. The molecular weight excluding hydrogens is 304 g/mol. The Morgan fingerprint density at radius 2 is 2.05 bits per heavy atom. The van der Waals surface area contributed by atoms with Crippen LogP contribution in [0.25, 0.3) is 0 Å². The molecule has 0 fully saturated rings. The Labute approximate surface area is 133 Å². The number of nitrogens with zero attached hydrogens (tertiary/aromatic N) is 2. The molecule has 0 unspecified atom stereocenters. The predicted octanol–water partition coefficient (Wildman–Crippen LogP) is 0.820. The average Bonchev–Trinajstić information content (AvgIpc) is 2.97. The molecule has 0 radical (unpaired) electrons. The van der Waals surface area contributed by atoms with E-state index in [1.807, 2.05) is 20.8 Å². The number of rotatable bonds is 3. The third kappa shape index (κ3) is 3.61. The molecule has 0 saturated carbocycles. The second-order valence-electron chi connectivity index (χ2n) is 6.36. The summed E-state index contributed by atoms with van der Waals surface area (Å²) in [5, 5.41) is 18.8. The zero-order chi connectivity index (χ0) is 16.5. The topological polar surface area (TPSA) is 96.2 Å². The van der Waals surface area contributed by atoms with Crippen molar-refractivity contribution in [3.05, 3.63) is 11.3 Å². The molecule has 1 aromatic heterocycles. The van der Waals surface area contributed by atoms with Gasteiger partial charge in [0.05, 0.1) is 17.3 Å². The first kappa shape index (κ1) is 16.8. The van der Waals surface area contributed by atoms with Crippen molar-refractivity contribution < 1.29 is 14.7 Å². The fourth-order valence-corrected chi connectivity index (χ4v) is 3.15. The van der Waals surface area contributed by atoms with Gasteiger partial charge in [0.1, 0.15) is 5.82 Å². The lowest BCUT2D eigenvalue weighted by Gasteiger charge is -2.23. The van der Waals surface area contributed by atoms with E-state index in [1.165, 1.54) is 6.92 Å². The van der Waals surface area contributed by atoms with E-state index < -0.39 is 17.9 Å². The van der Waals surface area contributed by atoms with Crippen LogP contribution in [-0.2, 0) is 26.6 Å². The third-order valence-corrected chi connectivity index (χ3v) is 4.15. The van der Waals surface area contributed by atoms with Gasteiger partial charge in [-0.25, -0.2) is 4.68 Å².